The van der Waals surface area contributed by atoms with E-state index in [-0.39, 0.29) is 18.1 Å². The Balaban J connectivity index is 1.51. The van der Waals surface area contributed by atoms with Gasteiger partial charge in [0.1, 0.15) is 0 Å². The van der Waals surface area contributed by atoms with Crippen LogP contribution in [-0.2, 0) is 9.53 Å². The summed E-state index contributed by atoms with van der Waals surface area (Å²) in [6, 6.07) is 7.71. The topological polar surface area (TPSA) is 78.3 Å². The van der Waals surface area contributed by atoms with Crippen molar-refractivity contribution in [1.29, 1.82) is 0 Å². The molecular formula is C21H18N4O2. The van der Waals surface area contributed by atoms with Crippen molar-refractivity contribution in [1.82, 2.24) is 4.90 Å². The van der Waals surface area contributed by atoms with E-state index in [1.54, 1.807) is 18.2 Å². The largest absolute Gasteiger partial charge is 0.449 e. The van der Waals surface area contributed by atoms with Gasteiger partial charge in [-0.2, -0.15) is 0 Å². The molecule has 1 spiro atoms. The number of piperidine rings is 1. The van der Waals surface area contributed by atoms with E-state index >= 15 is 0 Å². The molecule has 1 aromatic rings. The van der Waals surface area contributed by atoms with Gasteiger partial charge < -0.3 is 4.74 Å². The molecule has 4 aliphatic rings. The molecule has 0 N–H and O–H groups in total. The third-order valence-electron chi connectivity index (χ3n) is 6.04. The van der Waals surface area contributed by atoms with E-state index in [2.05, 4.69) is 32.8 Å². The first-order valence-electron chi connectivity index (χ1n) is 9.30. The van der Waals surface area contributed by atoms with Crippen LogP contribution in [0.3, 0.4) is 0 Å². The molecule has 2 bridgehead atoms. The summed E-state index contributed by atoms with van der Waals surface area (Å²) in [5.74, 6) is 6.20. The Morgan fingerprint density at radius 3 is 2.93 bits per heavy atom. The number of benzene rings is 1. The summed E-state index contributed by atoms with van der Waals surface area (Å²) in [4.78, 5) is 17.4. The van der Waals surface area contributed by atoms with Crippen LogP contribution in [-0.4, -0.2) is 35.1 Å². The van der Waals surface area contributed by atoms with Crippen molar-refractivity contribution in [2.24, 2.45) is 5.11 Å². The summed E-state index contributed by atoms with van der Waals surface area (Å²) in [7, 11) is 0. The first-order valence-corrected chi connectivity index (χ1v) is 9.30. The molecular weight excluding hydrogens is 340 g/mol. The summed E-state index contributed by atoms with van der Waals surface area (Å²) >= 11 is 0. The molecule has 5 rings (SSSR count). The Hall–Kier alpha value is -3.00. The van der Waals surface area contributed by atoms with Crippen molar-refractivity contribution in [3.8, 4) is 11.8 Å². The quantitative estimate of drug-likeness (QED) is 0.252. The second-order valence-corrected chi connectivity index (χ2v) is 7.46. The Morgan fingerprint density at radius 2 is 2.11 bits per heavy atom. The number of carbonyl (C=O) groups is 1. The fourth-order valence-electron chi connectivity index (χ4n) is 4.97. The maximum absolute atomic E-state index is 12.2. The first-order chi connectivity index (χ1) is 13.2. The lowest BCUT2D eigenvalue weighted by atomic mass is 9.77. The second-order valence-electron chi connectivity index (χ2n) is 7.46. The number of nitrogens with zero attached hydrogens (tertiary/aromatic N) is 4. The van der Waals surface area contributed by atoms with Crippen LogP contribution in [0.1, 0.15) is 31.2 Å². The number of azide groups is 1. The summed E-state index contributed by atoms with van der Waals surface area (Å²) in [5.41, 5.74) is 11.2. The van der Waals surface area contributed by atoms with Gasteiger partial charge in [0.25, 0.3) is 0 Å². The number of fused-ring (bicyclic) bond motifs is 3. The van der Waals surface area contributed by atoms with E-state index in [0.29, 0.717) is 5.69 Å². The number of hydrogen-bond donors (Lipinski definition) is 0. The smallest absolute Gasteiger partial charge is 0.332 e. The van der Waals surface area contributed by atoms with Gasteiger partial charge in [0.15, 0.2) is 5.60 Å². The van der Waals surface area contributed by atoms with Crippen molar-refractivity contribution in [3.63, 3.8) is 0 Å². The number of hydrogen-bond acceptors (Lipinski definition) is 4. The first kappa shape index (κ1) is 16.2. The van der Waals surface area contributed by atoms with E-state index in [9.17, 15) is 4.79 Å². The molecule has 3 atom stereocenters. The van der Waals surface area contributed by atoms with Crippen LogP contribution in [0, 0.1) is 11.8 Å². The lowest BCUT2D eigenvalue weighted by molar-refractivity contribution is -0.148. The van der Waals surface area contributed by atoms with Crippen LogP contribution in [0.2, 0.25) is 0 Å². The molecule has 3 heterocycles. The Bertz CT molecular complexity index is 991. The SMILES string of the molecule is [N-]=[N+]=Nc1ccc(C#CC2=C[C@@H]3C[C@@]4(OC(=O)C=C24)C2CCCCN23)cc1. The lowest BCUT2D eigenvalue weighted by Gasteiger charge is -2.38. The lowest BCUT2D eigenvalue weighted by Crippen LogP contribution is -2.48. The third-order valence-corrected chi connectivity index (χ3v) is 6.04. The number of esters is 1. The van der Waals surface area contributed by atoms with Gasteiger partial charge in [0.2, 0.25) is 0 Å². The van der Waals surface area contributed by atoms with Crippen LogP contribution in [0.5, 0.6) is 0 Å². The molecule has 0 aromatic heterocycles. The third kappa shape index (κ3) is 2.48. The predicted molar refractivity (Wildman–Crippen MR) is 99.9 cm³/mol. The van der Waals surface area contributed by atoms with Gasteiger partial charge in [-0.15, -0.1) is 0 Å². The second kappa shape index (κ2) is 6.02. The number of carbonyl (C=O) groups excluding carboxylic acids is 1. The highest BCUT2D eigenvalue weighted by Crippen LogP contribution is 2.53. The fraction of sp³-hybridized carbons (Fsp3) is 0.381. The highest BCUT2D eigenvalue weighted by atomic mass is 16.6. The summed E-state index contributed by atoms with van der Waals surface area (Å²) < 4.78 is 5.91. The Labute approximate surface area is 157 Å². The van der Waals surface area contributed by atoms with Gasteiger partial charge in [0.05, 0.1) is 6.04 Å². The average molecular weight is 358 g/mol. The fourth-order valence-corrected chi connectivity index (χ4v) is 4.97. The van der Waals surface area contributed by atoms with Gasteiger partial charge in [-0.3, -0.25) is 4.90 Å². The van der Waals surface area contributed by atoms with E-state index in [1.165, 1.54) is 12.8 Å². The predicted octanol–water partition coefficient (Wildman–Crippen LogP) is 3.77. The minimum Gasteiger partial charge on any atom is -0.449 e. The number of rotatable bonds is 1. The molecule has 6 nitrogen and oxygen atoms in total. The Kier molecular flexibility index (Phi) is 3.61. The van der Waals surface area contributed by atoms with Crippen LogP contribution in [0.15, 0.2) is 52.7 Å². The molecule has 2 fully saturated rings. The number of ether oxygens (including phenoxy) is 1. The van der Waals surface area contributed by atoms with Crippen molar-refractivity contribution in [2.75, 3.05) is 6.54 Å². The van der Waals surface area contributed by atoms with Crippen LogP contribution in [0.25, 0.3) is 10.4 Å². The van der Waals surface area contributed by atoms with E-state index in [1.807, 2.05) is 12.1 Å². The molecule has 0 radical (unpaired) electrons. The highest BCUT2D eigenvalue weighted by molar-refractivity contribution is 5.90. The molecule has 27 heavy (non-hydrogen) atoms. The Morgan fingerprint density at radius 1 is 1.26 bits per heavy atom. The van der Waals surface area contributed by atoms with Gasteiger partial charge in [-0.05, 0) is 37.1 Å². The molecule has 2 saturated heterocycles. The zero-order chi connectivity index (χ0) is 18.4. The van der Waals surface area contributed by atoms with Crippen molar-refractivity contribution in [2.45, 2.75) is 43.4 Å². The normalized spacial score (nSPS) is 30.7. The van der Waals surface area contributed by atoms with Crippen LogP contribution >= 0.6 is 0 Å². The summed E-state index contributed by atoms with van der Waals surface area (Å²) in [6.07, 6.45) is 8.14. The maximum atomic E-state index is 12.2. The van der Waals surface area contributed by atoms with Crippen LogP contribution < -0.4 is 0 Å². The minimum atomic E-state index is -0.508. The molecule has 0 amide bonds. The molecule has 6 heteroatoms. The van der Waals surface area contributed by atoms with Crippen LogP contribution in [0.4, 0.5) is 5.69 Å². The van der Waals surface area contributed by atoms with Gasteiger partial charge in [0, 0.05) is 45.8 Å². The monoisotopic (exact) mass is 358 g/mol. The molecule has 0 saturated carbocycles. The molecule has 134 valence electrons. The van der Waals surface area contributed by atoms with E-state index < -0.39 is 5.60 Å². The zero-order valence-corrected chi connectivity index (χ0v) is 14.8. The van der Waals surface area contributed by atoms with E-state index in [0.717, 1.165) is 36.1 Å². The van der Waals surface area contributed by atoms with Gasteiger partial charge in [-0.25, -0.2) is 4.79 Å². The van der Waals surface area contributed by atoms with Crippen molar-refractivity contribution < 1.29 is 9.53 Å². The minimum absolute atomic E-state index is 0.246. The van der Waals surface area contributed by atoms with Crippen molar-refractivity contribution >= 4 is 11.7 Å². The average Bonchev–Trinajstić information content (AvgIpc) is 3.16. The maximum Gasteiger partial charge on any atom is 0.332 e. The van der Waals surface area contributed by atoms with Gasteiger partial charge in [-0.1, -0.05) is 41.6 Å². The highest BCUT2D eigenvalue weighted by Gasteiger charge is 2.61. The van der Waals surface area contributed by atoms with Gasteiger partial charge >= 0.3 is 5.97 Å². The molecule has 3 aliphatic heterocycles. The molecule has 1 unspecified atom stereocenters. The zero-order valence-electron chi connectivity index (χ0n) is 14.8. The van der Waals surface area contributed by atoms with Crippen molar-refractivity contribution in [3.05, 3.63) is 63.6 Å². The molecule has 1 aromatic carbocycles. The summed E-state index contributed by atoms with van der Waals surface area (Å²) in [5, 5.41) is 3.57. The standard InChI is InChI=1S/C21H18N4O2/c22-24-23-16-8-5-14(6-9-16)4-7-15-11-17-13-21(18(15)12-20(26)27-21)19-3-1-2-10-25(17)19/h5-6,8-9,11-12,17,19H,1-3,10,13H2/t17-,19?,21+/m1/s1. The molecule has 1 aliphatic carbocycles. The van der Waals surface area contributed by atoms with E-state index in [4.69, 9.17) is 10.3 Å². The summed E-state index contributed by atoms with van der Waals surface area (Å²) in [6.45, 7) is 1.06.